The Kier molecular flexibility index (Phi) is 1.43. The number of H-pyrrole nitrogens is 1. The smallest absolute Gasteiger partial charge is 0.224 e. The van der Waals surface area contributed by atoms with Crippen molar-refractivity contribution in [1.29, 1.82) is 0 Å². The van der Waals surface area contributed by atoms with E-state index in [9.17, 15) is 0 Å². The van der Waals surface area contributed by atoms with E-state index in [0.717, 1.165) is 16.7 Å². The Labute approximate surface area is 69.2 Å². The van der Waals surface area contributed by atoms with E-state index in [1.54, 1.807) is 13.2 Å². The molecule has 0 aliphatic heterocycles. The molecule has 0 aliphatic rings. The summed E-state index contributed by atoms with van der Waals surface area (Å²) in [4.78, 5) is 8.38. The van der Waals surface area contributed by atoms with Gasteiger partial charge in [-0.15, -0.1) is 0 Å². The maximum Gasteiger partial charge on any atom is 0.224 e. The first kappa shape index (κ1) is 7.02. The molecule has 0 amide bonds. The molecule has 12 heavy (non-hydrogen) atoms. The van der Waals surface area contributed by atoms with Crippen LogP contribution in [0.3, 0.4) is 0 Å². The van der Waals surface area contributed by atoms with E-state index in [-0.39, 0.29) is 0 Å². The van der Waals surface area contributed by atoms with Crippen LogP contribution in [0.2, 0.25) is 0 Å². The first-order valence-electron chi connectivity index (χ1n) is 3.66. The number of hydrogen-bond donors (Lipinski definition) is 2. The van der Waals surface area contributed by atoms with Crippen LogP contribution < -0.4 is 5.32 Å². The molecule has 2 aromatic heterocycles. The van der Waals surface area contributed by atoms with Crippen LogP contribution >= 0.6 is 0 Å². The number of aromatic amines is 1. The van der Waals surface area contributed by atoms with Gasteiger partial charge in [-0.3, -0.25) is 5.10 Å². The number of aromatic nitrogens is 4. The summed E-state index contributed by atoms with van der Waals surface area (Å²) in [6.45, 7) is 1.93. The number of rotatable bonds is 1. The number of nitrogens with zero attached hydrogens (tertiary/aromatic N) is 3. The molecule has 2 aromatic rings. The highest BCUT2D eigenvalue weighted by atomic mass is 15.2. The minimum atomic E-state index is 0.615. The van der Waals surface area contributed by atoms with Gasteiger partial charge in [-0.05, 0) is 6.92 Å². The zero-order chi connectivity index (χ0) is 8.55. The molecule has 0 unspecified atom stereocenters. The molecule has 5 nitrogen and oxygen atoms in total. The van der Waals surface area contributed by atoms with Crippen molar-refractivity contribution in [3.63, 3.8) is 0 Å². The van der Waals surface area contributed by atoms with Gasteiger partial charge in [-0.1, -0.05) is 0 Å². The zero-order valence-electron chi connectivity index (χ0n) is 6.92. The van der Waals surface area contributed by atoms with Gasteiger partial charge in [-0.25, -0.2) is 4.98 Å². The molecule has 0 fully saturated rings. The standard InChI is InChI=1S/C7H9N5/c1-4-5-3-9-12-6(5)11-7(8-2)10-4/h3H,1-2H3,(H2,8,9,10,11,12). The first-order valence-corrected chi connectivity index (χ1v) is 3.66. The molecule has 0 atom stereocenters. The molecule has 0 spiro atoms. The van der Waals surface area contributed by atoms with Crippen molar-refractivity contribution in [2.45, 2.75) is 6.92 Å². The second-order valence-electron chi connectivity index (χ2n) is 2.51. The number of nitrogens with one attached hydrogen (secondary N) is 2. The Morgan fingerprint density at radius 1 is 1.42 bits per heavy atom. The van der Waals surface area contributed by atoms with Crippen LogP contribution in [0.4, 0.5) is 5.95 Å². The van der Waals surface area contributed by atoms with E-state index in [1.807, 2.05) is 6.92 Å². The molecule has 0 aliphatic carbocycles. The molecule has 2 heterocycles. The number of fused-ring (bicyclic) bond motifs is 1. The third-order valence-corrected chi connectivity index (χ3v) is 1.72. The highest BCUT2D eigenvalue weighted by Gasteiger charge is 2.03. The van der Waals surface area contributed by atoms with Gasteiger partial charge in [0.1, 0.15) is 0 Å². The summed E-state index contributed by atoms with van der Waals surface area (Å²) in [7, 11) is 1.79. The largest absolute Gasteiger partial charge is 0.357 e. The van der Waals surface area contributed by atoms with Gasteiger partial charge in [0.15, 0.2) is 5.65 Å². The van der Waals surface area contributed by atoms with E-state index in [2.05, 4.69) is 25.5 Å². The monoisotopic (exact) mass is 163 g/mol. The summed E-state index contributed by atoms with van der Waals surface area (Å²) in [6, 6.07) is 0. The van der Waals surface area contributed by atoms with Crippen molar-refractivity contribution in [1.82, 2.24) is 20.2 Å². The minimum Gasteiger partial charge on any atom is -0.357 e. The molecule has 2 rings (SSSR count). The molecule has 5 heteroatoms. The molecular weight excluding hydrogens is 154 g/mol. The fourth-order valence-electron chi connectivity index (χ4n) is 1.09. The zero-order valence-corrected chi connectivity index (χ0v) is 6.92. The van der Waals surface area contributed by atoms with Crippen LogP contribution in [0.15, 0.2) is 6.20 Å². The fourth-order valence-corrected chi connectivity index (χ4v) is 1.09. The molecular formula is C7H9N5. The summed E-state index contributed by atoms with van der Waals surface area (Å²) >= 11 is 0. The topological polar surface area (TPSA) is 66.5 Å². The number of aryl methyl sites for hydroxylation is 1. The normalized spacial score (nSPS) is 10.5. The SMILES string of the molecule is CNc1nc(C)c2cn[nH]c2n1. The van der Waals surface area contributed by atoms with Gasteiger partial charge in [0.05, 0.1) is 17.3 Å². The van der Waals surface area contributed by atoms with E-state index >= 15 is 0 Å². The van der Waals surface area contributed by atoms with Crippen LogP contribution in [0.25, 0.3) is 11.0 Å². The summed E-state index contributed by atoms with van der Waals surface area (Å²) in [5.74, 6) is 0.615. The van der Waals surface area contributed by atoms with Gasteiger partial charge < -0.3 is 5.32 Å². The van der Waals surface area contributed by atoms with Crippen LogP contribution in [0, 0.1) is 6.92 Å². The molecule has 0 saturated heterocycles. The van der Waals surface area contributed by atoms with Gasteiger partial charge in [0.2, 0.25) is 5.95 Å². The van der Waals surface area contributed by atoms with Gasteiger partial charge in [0, 0.05) is 7.05 Å². The molecule has 0 saturated carbocycles. The van der Waals surface area contributed by atoms with Crippen LogP contribution in [0.1, 0.15) is 5.69 Å². The van der Waals surface area contributed by atoms with E-state index in [0.29, 0.717) is 5.95 Å². The lowest BCUT2D eigenvalue weighted by atomic mass is 10.3. The molecule has 2 N–H and O–H groups in total. The Balaban J connectivity index is 2.75. The Morgan fingerprint density at radius 3 is 3.00 bits per heavy atom. The summed E-state index contributed by atoms with van der Waals surface area (Å²) in [5, 5.41) is 10.5. The lowest BCUT2D eigenvalue weighted by Gasteiger charge is -1.99. The minimum absolute atomic E-state index is 0.615. The van der Waals surface area contributed by atoms with Gasteiger partial charge >= 0.3 is 0 Å². The Hall–Kier alpha value is -1.65. The third-order valence-electron chi connectivity index (χ3n) is 1.72. The summed E-state index contributed by atoms with van der Waals surface area (Å²) in [5.41, 5.74) is 1.70. The molecule has 62 valence electrons. The Bertz CT molecular complexity index is 405. The predicted octanol–water partition coefficient (Wildman–Crippen LogP) is 0.703. The quantitative estimate of drug-likeness (QED) is 0.649. The van der Waals surface area contributed by atoms with Crippen LogP contribution in [-0.2, 0) is 0 Å². The average molecular weight is 163 g/mol. The first-order chi connectivity index (χ1) is 5.81. The number of hydrogen-bond acceptors (Lipinski definition) is 4. The van der Waals surface area contributed by atoms with Crippen LogP contribution in [0.5, 0.6) is 0 Å². The van der Waals surface area contributed by atoms with Gasteiger partial charge in [0.25, 0.3) is 0 Å². The maximum atomic E-state index is 4.21. The Morgan fingerprint density at radius 2 is 2.25 bits per heavy atom. The van der Waals surface area contributed by atoms with Crippen molar-refractivity contribution in [3.05, 3.63) is 11.9 Å². The average Bonchev–Trinajstić information content (AvgIpc) is 2.52. The second kappa shape index (κ2) is 2.44. The third kappa shape index (κ3) is 0.903. The maximum absolute atomic E-state index is 4.21. The van der Waals surface area contributed by atoms with Gasteiger partial charge in [-0.2, -0.15) is 10.1 Å². The predicted molar refractivity (Wildman–Crippen MR) is 46.0 cm³/mol. The number of anilines is 1. The van der Waals surface area contributed by atoms with Crippen molar-refractivity contribution in [3.8, 4) is 0 Å². The van der Waals surface area contributed by atoms with E-state index in [1.165, 1.54) is 0 Å². The van der Waals surface area contributed by atoms with Crippen molar-refractivity contribution >= 4 is 17.0 Å². The second-order valence-corrected chi connectivity index (χ2v) is 2.51. The fraction of sp³-hybridized carbons (Fsp3) is 0.286. The lowest BCUT2D eigenvalue weighted by Crippen LogP contribution is -1.97. The molecule has 0 radical (unpaired) electrons. The van der Waals surface area contributed by atoms with Crippen molar-refractivity contribution in [2.75, 3.05) is 12.4 Å². The highest BCUT2D eigenvalue weighted by Crippen LogP contribution is 2.12. The highest BCUT2D eigenvalue weighted by molar-refractivity contribution is 5.77. The molecule has 0 aromatic carbocycles. The molecule has 0 bridgehead atoms. The summed E-state index contributed by atoms with van der Waals surface area (Å²) < 4.78 is 0. The van der Waals surface area contributed by atoms with Crippen molar-refractivity contribution < 1.29 is 0 Å². The van der Waals surface area contributed by atoms with Crippen molar-refractivity contribution in [2.24, 2.45) is 0 Å². The van der Waals surface area contributed by atoms with E-state index < -0.39 is 0 Å². The van der Waals surface area contributed by atoms with Crippen LogP contribution in [-0.4, -0.2) is 27.2 Å². The lowest BCUT2D eigenvalue weighted by molar-refractivity contribution is 1.08. The van der Waals surface area contributed by atoms with E-state index in [4.69, 9.17) is 0 Å². The summed E-state index contributed by atoms with van der Waals surface area (Å²) in [6.07, 6.45) is 1.73.